The number of ether oxygens (including phenoxy) is 7. The van der Waals surface area contributed by atoms with Crippen LogP contribution in [0.15, 0.2) is 91.0 Å². The Labute approximate surface area is 288 Å². The van der Waals surface area contributed by atoms with Crippen molar-refractivity contribution >= 4 is 8.32 Å². The van der Waals surface area contributed by atoms with Crippen LogP contribution in [0.3, 0.4) is 0 Å². The average molecular weight is 679 g/mol. The van der Waals surface area contributed by atoms with E-state index in [2.05, 4.69) is 46.0 Å². The summed E-state index contributed by atoms with van der Waals surface area (Å²) in [4.78, 5) is 0. The fourth-order valence-corrected chi connectivity index (χ4v) is 7.55. The summed E-state index contributed by atoms with van der Waals surface area (Å²) < 4.78 is 53.8. The molecule has 3 aromatic carbocycles. The van der Waals surface area contributed by atoms with Crippen LogP contribution in [0.4, 0.5) is 0 Å². The molecular weight excluding hydrogens is 625 g/mol. The molecule has 48 heavy (non-hydrogen) atoms. The Balaban J connectivity index is 1.62. The third-order valence-corrected chi connectivity index (χ3v) is 14.2. The quantitative estimate of drug-likeness (QED) is 0.120. The number of methoxy groups -OCH3 is 1. The third-order valence-electron chi connectivity index (χ3n) is 9.72. The van der Waals surface area contributed by atoms with E-state index in [1.807, 2.05) is 92.7 Å². The normalized spacial score (nSPS) is 27.1. The van der Waals surface area contributed by atoms with Gasteiger partial charge in [-0.2, -0.15) is 0 Å². The second kappa shape index (κ2) is 15.6. The van der Waals surface area contributed by atoms with Crippen LogP contribution in [-0.2, 0) is 57.4 Å². The lowest BCUT2D eigenvalue weighted by atomic mass is 9.74. The summed E-state index contributed by atoms with van der Waals surface area (Å²) in [5.74, 6) is -0.925. The lowest BCUT2D eigenvalue weighted by Gasteiger charge is -2.55. The minimum absolute atomic E-state index is 0.0133. The van der Waals surface area contributed by atoms with Gasteiger partial charge in [0, 0.05) is 7.11 Å². The molecule has 3 aromatic rings. The van der Waals surface area contributed by atoms with Gasteiger partial charge in [0.15, 0.2) is 14.1 Å². The minimum atomic E-state index is -2.37. The van der Waals surface area contributed by atoms with Gasteiger partial charge in [0.1, 0.15) is 42.9 Å². The standard InChI is InChI=1S/C39H54O8Si/c1-37(2,3)48(7,8)47-32-33(42-25-30-20-14-10-15-21-30)35(43-28-40-6)39(36-34(32)45-38(4,5)46-36,44-26-31-22-16-11-17-23-31)27-41-24-29-18-12-9-13-19-29/h9-23,32-36H,24-28H2,1-8H3/t32-,33-,34-,35+,36-,39-/m0/s1. The van der Waals surface area contributed by atoms with Gasteiger partial charge in [-0.3, -0.25) is 0 Å². The Bertz CT molecular complexity index is 1400. The van der Waals surface area contributed by atoms with E-state index in [1.54, 1.807) is 7.11 Å². The Morgan fingerprint density at radius 1 is 0.708 bits per heavy atom. The Morgan fingerprint density at radius 2 is 1.25 bits per heavy atom. The lowest BCUT2D eigenvalue weighted by Crippen LogP contribution is -2.74. The fourth-order valence-electron chi connectivity index (χ4n) is 6.25. The molecule has 2 aliphatic rings. The van der Waals surface area contributed by atoms with Crippen LogP contribution < -0.4 is 0 Å². The van der Waals surface area contributed by atoms with Crippen molar-refractivity contribution in [3.63, 3.8) is 0 Å². The Kier molecular flexibility index (Phi) is 12.0. The number of rotatable bonds is 15. The molecule has 1 aliphatic heterocycles. The highest BCUT2D eigenvalue weighted by Crippen LogP contribution is 2.50. The molecule has 8 nitrogen and oxygen atoms in total. The summed E-state index contributed by atoms with van der Waals surface area (Å²) in [5, 5.41) is -0.0680. The van der Waals surface area contributed by atoms with Crippen molar-refractivity contribution in [2.75, 3.05) is 20.5 Å². The van der Waals surface area contributed by atoms with E-state index in [4.69, 9.17) is 37.6 Å². The van der Waals surface area contributed by atoms with Crippen LogP contribution >= 0.6 is 0 Å². The molecule has 1 saturated heterocycles. The molecule has 0 N–H and O–H groups in total. The Morgan fingerprint density at radius 3 is 1.79 bits per heavy atom. The van der Waals surface area contributed by atoms with Gasteiger partial charge >= 0.3 is 0 Å². The molecule has 5 rings (SSSR count). The van der Waals surface area contributed by atoms with Crippen molar-refractivity contribution in [2.45, 2.75) is 114 Å². The molecular formula is C39H54O8Si. The van der Waals surface area contributed by atoms with Crippen molar-refractivity contribution in [1.82, 2.24) is 0 Å². The van der Waals surface area contributed by atoms with Gasteiger partial charge in [0.05, 0.1) is 26.4 Å². The number of benzene rings is 3. The average Bonchev–Trinajstić information content (AvgIpc) is 3.40. The highest BCUT2D eigenvalue weighted by molar-refractivity contribution is 6.74. The van der Waals surface area contributed by atoms with Gasteiger partial charge in [0.2, 0.25) is 0 Å². The molecule has 0 bridgehead atoms. The smallest absolute Gasteiger partial charge is 0.192 e. The number of hydrogen-bond donors (Lipinski definition) is 0. The zero-order chi connectivity index (χ0) is 34.4. The highest BCUT2D eigenvalue weighted by atomic mass is 28.4. The summed E-state index contributed by atoms with van der Waals surface area (Å²) in [7, 11) is -0.754. The molecule has 0 unspecified atom stereocenters. The van der Waals surface area contributed by atoms with Crippen molar-refractivity contribution in [1.29, 1.82) is 0 Å². The number of hydrogen-bond acceptors (Lipinski definition) is 8. The summed E-state index contributed by atoms with van der Waals surface area (Å²) in [6.07, 6.45) is -3.00. The molecule has 6 atom stereocenters. The zero-order valence-corrected chi connectivity index (χ0v) is 30.8. The van der Waals surface area contributed by atoms with Gasteiger partial charge in [-0.05, 0) is 48.7 Å². The molecule has 1 aliphatic carbocycles. The van der Waals surface area contributed by atoms with Crippen LogP contribution in [-0.4, -0.2) is 70.7 Å². The maximum atomic E-state index is 7.28. The van der Waals surface area contributed by atoms with E-state index in [9.17, 15) is 0 Å². The largest absolute Gasteiger partial charge is 0.408 e. The molecule has 2 fully saturated rings. The second-order valence-corrected chi connectivity index (χ2v) is 19.6. The summed E-state index contributed by atoms with van der Waals surface area (Å²) in [6, 6.07) is 30.4. The third kappa shape index (κ3) is 8.64. The van der Waals surface area contributed by atoms with Gasteiger partial charge in [0.25, 0.3) is 0 Å². The van der Waals surface area contributed by atoms with E-state index in [-0.39, 0.29) is 18.4 Å². The molecule has 1 saturated carbocycles. The molecule has 0 aromatic heterocycles. The topological polar surface area (TPSA) is 73.8 Å². The number of fused-ring (bicyclic) bond motifs is 1. The molecule has 0 amide bonds. The lowest BCUT2D eigenvalue weighted by molar-refractivity contribution is -0.307. The second-order valence-electron chi connectivity index (χ2n) is 14.8. The molecule has 0 spiro atoms. The van der Waals surface area contributed by atoms with Crippen LogP contribution in [0.25, 0.3) is 0 Å². The highest BCUT2D eigenvalue weighted by Gasteiger charge is 2.68. The van der Waals surface area contributed by atoms with E-state index >= 15 is 0 Å². The first-order valence-electron chi connectivity index (χ1n) is 16.9. The van der Waals surface area contributed by atoms with E-state index < -0.39 is 50.2 Å². The maximum absolute atomic E-state index is 7.28. The summed E-state index contributed by atoms with van der Waals surface area (Å²) in [6.45, 7) is 16.3. The first-order chi connectivity index (χ1) is 22.9. The summed E-state index contributed by atoms with van der Waals surface area (Å²) >= 11 is 0. The van der Waals surface area contributed by atoms with Gasteiger partial charge < -0.3 is 37.6 Å². The van der Waals surface area contributed by atoms with E-state index in [0.717, 1.165) is 16.7 Å². The first kappa shape index (κ1) is 36.8. The van der Waals surface area contributed by atoms with Crippen molar-refractivity contribution in [3.05, 3.63) is 108 Å². The molecule has 262 valence electrons. The van der Waals surface area contributed by atoms with E-state index in [1.165, 1.54) is 0 Å². The monoisotopic (exact) mass is 678 g/mol. The van der Waals surface area contributed by atoms with Crippen molar-refractivity contribution in [3.8, 4) is 0 Å². The van der Waals surface area contributed by atoms with Gasteiger partial charge in [-0.25, -0.2) is 0 Å². The van der Waals surface area contributed by atoms with Crippen molar-refractivity contribution in [2.24, 2.45) is 0 Å². The van der Waals surface area contributed by atoms with Gasteiger partial charge in [-0.15, -0.1) is 0 Å². The molecule has 0 radical (unpaired) electrons. The molecule has 1 heterocycles. The van der Waals surface area contributed by atoms with Crippen LogP contribution in [0.2, 0.25) is 18.1 Å². The predicted octanol–water partition coefficient (Wildman–Crippen LogP) is 7.66. The van der Waals surface area contributed by atoms with Crippen LogP contribution in [0, 0.1) is 0 Å². The minimum Gasteiger partial charge on any atom is -0.408 e. The predicted molar refractivity (Wildman–Crippen MR) is 188 cm³/mol. The molecule has 9 heteroatoms. The van der Waals surface area contributed by atoms with Crippen LogP contribution in [0.5, 0.6) is 0 Å². The van der Waals surface area contributed by atoms with Gasteiger partial charge in [-0.1, -0.05) is 112 Å². The summed E-state index contributed by atoms with van der Waals surface area (Å²) in [5.41, 5.74) is 1.94. The maximum Gasteiger partial charge on any atom is 0.192 e. The fraction of sp³-hybridized carbons (Fsp3) is 0.538. The first-order valence-corrected chi connectivity index (χ1v) is 19.9. The zero-order valence-electron chi connectivity index (χ0n) is 29.8. The van der Waals surface area contributed by atoms with E-state index in [0.29, 0.717) is 19.8 Å². The Hall–Kier alpha value is -2.44. The van der Waals surface area contributed by atoms with Crippen LogP contribution in [0.1, 0.15) is 51.3 Å². The SMILES string of the molecule is COCO[C@@H]1[C@@H](OCc2ccccc2)[C@H](O[Si](C)(C)C(C)(C)C)[C@@H]2OC(C)(C)O[C@@H]2[C@@]1(COCc1ccccc1)OCc1ccccc1. The van der Waals surface area contributed by atoms with Crippen molar-refractivity contribution < 1.29 is 37.6 Å².